The molecule has 0 radical (unpaired) electrons. The topological polar surface area (TPSA) is 125 Å². The second-order valence-electron chi connectivity index (χ2n) is 4.48. The number of carbonyl (C=O) groups excluding carboxylic acids is 1. The molecule has 1 heterocycles. The third kappa shape index (κ3) is 3.77. The lowest BCUT2D eigenvalue weighted by Crippen LogP contribution is -2.48. The van der Waals surface area contributed by atoms with Gasteiger partial charge in [-0.2, -0.15) is 0 Å². The lowest BCUT2D eigenvalue weighted by molar-refractivity contribution is -0.120. The number of benzene rings is 1. The number of nitrogens with one attached hydrogen (secondary N) is 2. The fourth-order valence-corrected chi connectivity index (χ4v) is 1.91. The third-order valence-electron chi connectivity index (χ3n) is 2.93. The maximum atomic E-state index is 12.0. The number of hydrogen-bond donors (Lipinski definition) is 4. The van der Waals surface area contributed by atoms with Crippen LogP contribution in [0.25, 0.3) is 0 Å². The molecule has 1 unspecified atom stereocenters. The highest BCUT2D eigenvalue weighted by molar-refractivity contribution is 5.99. The fraction of sp³-hybridized carbons (Fsp3) is 0.308. The van der Waals surface area contributed by atoms with E-state index in [1.54, 1.807) is 0 Å². The van der Waals surface area contributed by atoms with Crippen LogP contribution in [0.15, 0.2) is 18.2 Å². The predicted molar refractivity (Wildman–Crippen MR) is 71.6 cm³/mol. The summed E-state index contributed by atoms with van der Waals surface area (Å²) < 4.78 is 5.15. The van der Waals surface area contributed by atoms with Gasteiger partial charge < -0.3 is 25.6 Å². The molecule has 1 aliphatic heterocycles. The van der Waals surface area contributed by atoms with E-state index in [1.807, 2.05) is 0 Å². The van der Waals surface area contributed by atoms with E-state index in [-0.39, 0.29) is 23.4 Å². The van der Waals surface area contributed by atoms with Gasteiger partial charge in [-0.3, -0.25) is 4.79 Å². The molecule has 1 aliphatic rings. The van der Waals surface area contributed by atoms with Crippen molar-refractivity contribution in [1.29, 1.82) is 0 Å². The van der Waals surface area contributed by atoms with Crippen LogP contribution in [-0.4, -0.2) is 53.9 Å². The summed E-state index contributed by atoms with van der Waals surface area (Å²) in [6, 6.07) is 2.88. The highest BCUT2D eigenvalue weighted by atomic mass is 16.5. The van der Waals surface area contributed by atoms with Crippen LogP contribution in [0, 0.1) is 0 Å². The molecule has 1 saturated heterocycles. The van der Waals surface area contributed by atoms with Crippen LogP contribution >= 0.6 is 0 Å². The monoisotopic (exact) mass is 294 g/mol. The van der Waals surface area contributed by atoms with Gasteiger partial charge in [-0.15, -0.1) is 0 Å². The number of amides is 1. The van der Waals surface area contributed by atoms with Gasteiger partial charge in [0.2, 0.25) is 5.91 Å². The molecule has 8 nitrogen and oxygen atoms in total. The smallest absolute Gasteiger partial charge is 0.335 e. The van der Waals surface area contributed by atoms with Crippen molar-refractivity contribution >= 4 is 23.5 Å². The molecule has 112 valence electrons. The highest BCUT2D eigenvalue weighted by Gasteiger charge is 2.22. The zero-order chi connectivity index (χ0) is 15.4. The van der Waals surface area contributed by atoms with Gasteiger partial charge in [-0.05, 0) is 18.2 Å². The maximum Gasteiger partial charge on any atom is 0.335 e. The van der Waals surface area contributed by atoms with Crippen LogP contribution in [0.1, 0.15) is 20.7 Å². The number of carboxylic acids is 2. The van der Waals surface area contributed by atoms with Crippen molar-refractivity contribution in [3.63, 3.8) is 0 Å². The molecule has 0 aromatic heterocycles. The minimum atomic E-state index is -1.27. The Bertz CT molecular complexity index is 548. The predicted octanol–water partition coefficient (Wildman–Crippen LogP) is 0.00990. The summed E-state index contributed by atoms with van der Waals surface area (Å²) in [4.78, 5) is 33.9. The molecular formula is C13H14N2O6. The number of anilines is 1. The summed E-state index contributed by atoms with van der Waals surface area (Å²) >= 11 is 0. The molecule has 8 heteroatoms. The normalized spacial score (nSPS) is 18.0. The van der Waals surface area contributed by atoms with Gasteiger partial charge in [0.1, 0.15) is 6.04 Å². The maximum absolute atomic E-state index is 12.0. The van der Waals surface area contributed by atoms with Crippen molar-refractivity contribution in [1.82, 2.24) is 5.32 Å². The second kappa shape index (κ2) is 6.33. The largest absolute Gasteiger partial charge is 0.478 e. The van der Waals surface area contributed by atoms with Crippen molar-refractivity contribution < 1.29 is 29.3 Å². The zero-order valence-electron chi connectivity index (χ0n) is 11.0. The Morgan fingerprint density at radius 3 is 2.24 bits per heavy atom. The Labute approximate surface area is 119 Å². The molecule has 1 aromatic rings. The Balaban J connectivity index is 2.20. The lowest BCUT2D eigenvalue weighted by Gasteiger charge is -2.23. The van der Waals surface area contributed by atoms with E-state index in [1.165, 1.54) is 12.1 Å². The van der Waals surface area contributed by atoms with Crippen LogP contribution in [0.5, 0.6) is 0 Å². The van der Waals surface area contributed by atoms with E-state index in [0.717, 1.165) is 6.07 Å². The van der Waals surface area contributed by atoms with E-state index in [4.69, 9.17) is 14.9 Å². The molecule has 0 spiro atoms. The van der Waals surface area contributed by atoms with Gasteiger partial charge in [0.15, 0.2) is 0 Å². The number of morpholine rings is 1. The molecular weight excluding hydrogens is 280 g/mol. The third-order valence-corrected chi connectivity index (χ3v) is 2.93. The fourth-order valence-electron chi connectivity index (χ4n) is 1.91. The molecule has 2 rings (SSSR count). The summed E-state index contributed by atoms with van der Waals surface area (Å²) in [5.41, 5.74) is -0.305. The number of aromatic carboxylic acids is 2. The molecule has 1 fully saturated rings. The minimum absolute atomic E-state index is 0.115. The first kappa shape index (κ1) is 14.9. The van der Waals surface area contributed by atoms with Crippen LogP contribution in [0.4, 0.5) is 5.69 Å². The van der Waals surface area contributed by atoms with Crippen molar-refractivity contribution in [2.75, 3.05) is 25.1 Å². The number of ether oxygens (including phenoxy) is 1. The van der Waals surface area contributed by atoms with Crippen LogP contribution in [-0.2, 0) is 9.53 Å². The number of carbonyl (C=O) groups is 3. The second-order valence-corrected chi connectivity index (χ2v) is 4.48. The van der Waals surface area contributed by atoms with Gasteiger partial charge in [-0.25, -0.2) is 9.59 Å². The summed E-state index contributed by atoms with van der Waals surface area (Å²) in [7, 11) is 0. The first-order chi connectivity index (χ1) is 9.97. The molecule has 1 amide bonds. The molecule has 4 N–H and O–H groups in total. The van der Waals surface area contributed by atoms with E-state index < -0.39 is 23.9 Å². The van der Waals surface area contributed by atoms with Crippen molar-refractivity contribution in [2.45, 2.75) is 6.04 Å². The molecule has 1 atom stereocenters. The highest BCUT2D eigenvalue weighted by Crippen LogP contribution is 2.16. The van der Waals surface area contributed by atoms with Crippen molar-refractivity contribution in [2.24, 2.45) is 0 Å². The van der Waals surface area contributed by atoms with E-state index >= 15 is 0 Å². The first-order valence-electron chi connectivity index (χ1n) is 6.21. The Kier molecular flexibility index (Phi) is 4.51. The Hall–Kier alpha value is -2.45. The first-order valence-corrected chi connectivity index (χ1v) is 6.21. The van der Waals surface area contributed by atoms with E-state index in [2.05, 4.69) is 10.6 Å². The zero-order valence-corrected chi connectivity index (χ0v) is 11.0. The van der Waals surface area contributed by atoms with Crippen LogP contribution < -0.4 is 10.6 Å². The molecule has 0 bridgehead atoms. The molecule has 0 saturated carbocycles. The SMILES string of the molecule is O=C(O)c1cc(NC(=O)C2COCCN2)cc(C(=O)O)c1. The molecule has 21 heavy (non-hydrogen) atoms. The van der Waals surface area contributed by atoms with E-state index in [9.17, 15) is 14.4 Å². The average Bonchev–Trinajstić information content (AvgIpc) is 2.47. The number of carboxylic acid groups (broad SMARTS) is 2. The molecule has 0 aliphatic carbocycles. The Morgan fingerprint density at radius 1 is 1.14 bits per heavy atom. The summed E-state index contributed by atoms with van der Waals surface area (Å²) in [5, 5.41) is 23.4. The summed E-state index contributed by atoms with van der Waals surface area (Å²) in [5.74, 6) is -2.95. The lowest BCUT2D eigenvalue weighted by atomic mass is 10.1. The average molecular weight is 294 g/mol. The van der Waals surface area contributed by atoms with Gasteiger partial charge in [0.05, 0.1) is 24.3 Å². The van der Waals surface area contributed by atoms with Crippen molar-refractivity contribution in [3.05, 3.63) is 29.3 Å². The van der Waals surface area contributed by atoms with Gasteiger partial charge in [-0.1, -0.05) is 0 Å². The van der Waals surface area contributed by atoms with Crippen LogP contribution in [0.3, 0.4) is 0 Å². The summed E-state index contributed by atoms with van der Waals surface area (Å²) in [6.07, 6.45) is 0. The van der Waals surface area contributed by atoms with E-state index in [0.29, 0.717) is 13.2 Å². The number of hydrogen-bond acceptors (Lipinski definition) is 5. The van der Waals surface area contributed by atoms with Gasteiger partial charge >= 0.3 is 11.9 Å². The molecule has 1 aromatic carbocycles. The van der Waals surface area contributed by atoms with Crippen molar-refractivity contribution in [3.8, 4) is 0 Å². The van der Waals surface area contributed by atoms with Gasteiger partial charge in [0.25, 0.3) is 0 Å². The Morgan fingerprint density at radius 2 is 1.76 bits per heavy atom. The summed E-state index contributed by atoms with van der Waals surface area (Å²) in [6.45, 7) is 1.26. The van der Waals surface area contributed by atoms with Crippen LogP contribution in [0.2, 0.25) is 0 Å². The number of rotatable bonds is 4. The standard InChI is InChI=1S/C13H14N2O6/c16-11(10-6-21-2-1-14-10)15-9-4-7(12(17)18)3-8(5-9)13(19)20/h3-5,10,14H,1-2,6H2,(H,15,16)(H,17,18)(H,19,20). The van der Waals surface area contributed by atoms with Gasteiger partial charge in [0, 0.05) is 12.2 Å². The quantitative estimate of drug-likeness (QED) is 0.616. The minimum Gasteiger partial charge on any atom is -0.478 e.